The molecule has 4 N–H and O–H groups in total. The molecule has 1 atom stereocenters. The van der Waals surface area contributed by atoms with Crippen LogP contribution in [0, 0.1) is 6.92 Å². The maximum atomic E-state index is 11.8. The molecular weight excluding hydrogens is 394 g/mol. The van der Waals surface area contributed by atoms with Crippen molar-refractivity contribution < 1.29 is 9.59 Å². The molecule has 3 rings (SSSR count). The number of likely N-dealkylation sites (N-methyl/N-ethyl adjacent to an activating group) is 1. The molecule has 1 heterocycles. The van der Waals surface area contributed by atoms with Gasteiger partial charge in [-0.1, -0.05) is 73.2 Å². The van der Waals surface area contributed by atoms with Crippen LogP contribution in [0.3, 0.4) is 0 Å². The molecule has 1 aromatic heterocycles. The molecule has 6 heteroatoms. The number of aryl methyl sites for hydroxylation is 1. The molecule has 30 heavy (non-hydrogen) atoms. The van der Waals surface area contributed by atoms with Crippen molar-refractivity contribution >= 4 is 23.2 Å². The van der Waals surface area contributed by atoms with Crippen LogP contribution in [-0.2, 0) is 16.0 Å². The van der Waals surface area contributed by atoms with E-state index >= 15 is 0 Å². The maximum Gasteiger partial charge on any atom is 0.237 e. The van der Waals surface area contributed by atoms with Crippen LogP contribution in [0.5, 0.6) is 0 Å². The molecule has 3 aromatic rings. The number of nitrogens with two attached hydrogens (primary N) is 1. The number of nitrogens with one attached hydrogen (secondary N) is 2. The Morgan fingerprint density at radius 2 is 1.63 bits per heavy atom. The van der Waals surface area contributed by atoms with Gasteiger partial charge >= 0.3 is 0 Å². The van der Waals surface area contributed by atoms with Crippen molar-refractivity contribution in [1.29, 1.82) is 0 Å². The van der Waals surface area contributed by atoms with Gasteiger partial charge in [-0.3, -0.25) is 9.59 Å². The summed E-state index contributed by atoms with van der Waals surface area (Å²) < 4.78 is 0. The van der Waals surface area contributed by atoms with Crippen LogP contribution in [0.15, 0.2) is 72.1 Å². The molecule has 2 aromatic carbocycles. The maximum absolute atomic E-state index is 11.8. The van der Waals surface area contributed by atoms with E-state index < -0.39 is 5.91 Å². The van der Waals surface area contributed by atoms with E-state index in [2.05, 4.69) is 66.1 Å². The predicted octanol–water partition coefficient (Wildman–Crippen LogP) is 3.53. The average Bonchev–Trinajstić information content (AvgIpc) is 3.26. The van der Waals surface area contributed by atoms with E-state index in [0.29, 0.717) is 13.0 Å². The van der Waals surface area contributed by atoms with E-state index in [4.69, 9.17) is 5.73 Å². The van der Waals surface area contributed by atoms with Crippen molar-refractivity contribution in [3.8, 4) is 11.1 Å². The number of hydrogen-bond acceptors (Lipinski definition) is 4. The van der Waals surface area contributed by atoms with Crippen LogP contribution >= 0.6 is 11.3 Å². The van der Waals surface area contributed by atoms with Gasteiger partial charge in [-0.15, -0.1) is 11.3 Å². The molecular formula is C24H29N3O2S. The topological polar surface area (TPSA) is 84.2 Å². The van der Waals surface area contributed by atoms with Crippen LogP contribution < -0.4 is 16.4 Å². The van der Waals surface area contributed by atoms with Gasteiger partial charge in [-0.2, -0.15) is 0 Å². The number of carbonyl (C=O) groups excluding carboxylic acids is 2. The molecule has 2 amide bonds. The Hall–Kier alpha value is -2.96. The number of carbonyl (C=O) groups is 2. The zero-order chi connectivity index (χ0) is 21.8. The fourth-order valence-electron chi connectivity index (χ4n) is 2.81. The van der Waals surface area contributed by atoms with E-state index in [0.717, 1.165) is 4.88 Å². The summed E-state index contributed by atoms with van der Waals surface area (Å²) in [4.78, 5) is 23.5. The lowest BCUT2D eigenvalue weighted by atomic mass is 10.0. The highest BCUT2D eigenvalue weighted by Crippen LogP contribution is 2.18. The van der Waals surface area contributed by atoms with E-state index in [9.17, 15) is 9.59 Å². The standard InChI is InChI=1S/C13H12.C11H17N3O2S/c1-11-7-9-13(10-8-11)12-5-3-2-4-6-12;1-2-13-9(6-8-4-3-5-17-8)11(16)14-7-10(12)15/h2-10H,1H3;3-5,9,13H,2,6-7H2,1H3,(H2,12,15)(H,14,16)/t;9-/m.1/s1. The summed E-state index contributed by atoms with van der Waals surface area (Å²) >= 11 is 1.61. The van der Waals surface area contributed by atoms with Crippen molar-refractivity contribution in [2.75, 3.05) is 13.1 Å². The summed E-state index contributed by atoms with van der Waals surface area (Å²) in [5, 5.41) is 7.57. The second kappa shape index (κ2) is 12.6. The smallest absolute Gasteiger partial charge is 0.237 e. The monoisotopic (exact) mass is 423 g/mol. The number of thiophene rings is 1. The zero-order valence-corrected chi connectivity index (χ0v) is 18.2. The Bertz CT molecular complexity index is 894. The molecule has 0 aliphatic rings. The highest BCUT2D eigenvalue weighted by Gasteiger charge is 2.18. The van der Waals surface area contributed by atoms with E-state index in [1.807, 2.05) is 30.5 Å². The summed E-state index contributed by atoms with van der Waals surface area (Å²) in [7, 11) is 0. The molecule has 0 bridgehead atoms. The summed E-state index contributed by atoms with van der Waals surface area (Å²) in [6.07, 6.45) is 0.621. The highest BCUT2D eigenvalue weighted by molar-refractivity contribution is 7.09. The summed E-state index contributed by atoms with van der Waals surface area (Å²) in [6, 6.07) is 22.6. The largest absolute Gasteiger partial charge is 0.368 e. The second-order valence-electron chi connectivity index (χ2n) is 6.81. The van der Waals surface area contributed by atoms with Gasteiger partial charge < -0.3 is 16.4 Å². The minimum absolute atomic E-state index is 0.120. The van der Waals surface area contributed by atoms with Crippen LogP contribution in [0.25, 0.3) is 11.1 Å². The minimum Gasteiger partial charge on any atom is -0.368 e. The third-order valence-corrected chi connectivity index (χ3v) is 5.25. The van der Waals surface area contributed by atoms with Crippen LogP contribution in [0.4, 0.5) is 0 Å². The van der Waals surface area contributed by atoms with Crippen molar-refractivity contribution in [2.45, 2.75) is 26.3 Å². The normalized spacial score (nSPS) is 11.1. The first-order chi connectivity index (χ1) is 14.5. The number of rotatable bonds is 8. The van der Waals surface area contributed by atoms with Crippen LogP contribution in [0.2, 0.25) is 0 Å². The Kier molecular flexibility index (Phi) is 9.77. The van der Waals surface area contributed by atoms with Gasteiger partial charge in [0.05, 0.1) is 12.6 Å². The highest BCUT2D eigenvalue weighted by atomic mass is 32.1. The van der Waals surface area contributed by atoms with Gasteiger partial charge in [-0.05, 0) is 36.0 Å². The quantitative estimate of drug-likeness (QED) is 0.518. The van der Waals surface area contributed by atoms with Crippen molar-refractivity contribution in [3.05, 3.63) is 82.6 Å². The van der Waals surface area contributed by atoms with Gasteiger partial charge in [-0.25, -0.2) is 0 Å². The molecule has 0 saturated carbocycles. The first-order valence-electron chi connectivity index (χ1n) is 9.93. The molecule has 0 unspecified atom stereocenters. The number of amides is 2. The lowest BCUT2D eigenvalue weighted by molar-refractivity contribution is -0.126. The Morgan fingerprint density at radius 1 is 0.967 bits per heavy atom. The minimum atomic E-state index is -0.537. The Morgan fingerprint density at radius 3 is 2.20 bits per heavy atom. The van der Waals surface area contributed by atoms with E-state index in [-0.39, 0.29) is 18.5 Å². The SMILES string of the molecule is CCN[C@H](Cc1cccs1)C(=O)NCC(N)=O.Cc1ccc(-c2ccccc2)cc1. The lowest BCUT2D eigenvalue weighted by Crippen LogP contribution is -2.47. The van der Waals surface area contributed by atoms with E-state index in [1.54, 1.807) is 11.3 Å². The number of benzene rings is 2. The fraction of sp³-hybridized carbons (Fsp3) is 0.250. The lowest BCUT2D eigenvalue weighted by Gasteiger charge is -2.16. The molecule has 0 fully saturated rings. The molecule has 0 saturated heterocycles. The average molecular weight is 424 g/mol. The van der Waals surface area contributed by atoms with Crippen molar-refractivity contribution in [3.63, 3.8) is 0 Å². The van der Waals surface area contributed by atoms with Gasteiger partial charge in [0, 0.05) is 11.3 Å². The summed E-state index contributed by atoms with van der Waals surface area (Å²) in [6.45, 7) is 4.61. The summed E-state index contributed by atoms with van der Waals surface area (Å²) in [5.74, 6) is -0.733. The molecule has 0 aliphatic heterocycles. The molecule has 158 valence electrons. The fourth-order valence-corrected chi connectivity index (χ4v) is 3.56. The predicted molar refractivity (Wildman–Crippen MR) is 124 cm³/mol. The molecule has 0 aliphatic carbocycles. The first-order valence-corrected chi connectivity index (χ1v) is 10.8. The zero-order valence-electron chi connectivity index (χ0n) is 17.4. The second-order valence-corrected chi connectivity index (χ2v) is 7.84. The third-order valence-electron chi connectivity index (χ3n) is 4.35. The molecule has 0 spiro atoms. The van der Waals surface area contributed by atoms with Gasteiger partial charge in [0.15, 0.2) is 0 Å². The molecule has 0 radical (unpaired) electrons. The Balaban J connectivity index is 0.000000220. The van der Waals surface area contributed by atoms with Crippen LogP contribution in [-0.4, -0.2) is 30.9 Å². The van der Waals surface area contributed by atoms with Gasteiger partial charge in [0.1, 0.15) is 0 Å². The third kappa shape index (κ3) is 8.19. The summed E-state index contributed by atoms with van der Waals surface area (Å²) in [5.41, 5.74) is 8.85. The molecule has 5 nitrogen and oxygen atoms in total. The van der Waals surface area contributed by atoms with Crippen molar-refractivity contribution in [2.24, 2.45) is 5.73 Å². The van der Waals surface area contributed by atoms with E-state index in [1.165, 1.54) is 16.7 Å². The van der Waals surface area contributed by atoms with Gasteiger partial charge in [0.25, 0.3) is 0 Å². The Labute approximate surface area is 182 Å². The van der Waals surface area contributed by atoms with Crippen LogP contribution in [0.1, 0.15) is 17.4 Å². The van der Waals surface area contributed by atoms with Crippen molar-refractivity contribution in [1.82, 2.24) is 10.6 Å². The first kappa shape index (κ1) is 23.3. The van der Waals surface area contributed by atoms with Gasteiger partial charge in [0.2, 0.25) is 11.8 Å². The number of primary amides is 1. The number of hydrogen-bond donors (Lipinski definition) is 3.